The van der Waals surface area contributed by atoms with E-state index < -0.39 is 0 Å². The molecule has 7 nitrogen and oxygen atoms in total. The third-order valence-corrected chi connectivity index (χ3v) is 7.06. The van der Waals surface area contributed by atoms with Crippen LogP contribution in [0.1, 0.15) is 30.9 Å². The normalized spacial score (nSPS) is 21.8. The molecule has 4 heterocycles. The molecule has 162 valence electrons. The van der Waals surface area contributed by atoms with E-state index in [-0.39, 0.29) is 29.5 Å². The maximum atomic E-state index is 13.6. The zero-order chi connectivity index (χ0) is 21.5. The second kappa shape index (κ2) is 7.96. The van der Waals surface area contributed by atoms with Gasteiger partial charge < -0.3 is 15.1 Å². The van der Waals surface area contributed by atoms with Gasteiger partial charge >= 0.3 is 0 Å². The van der Waals surface area contributed by atoms with Crippen LogP contribution in [0.3, 0.4) is 0 Å². The van der Waals surface area contributed by atoms with Gasteiger partial charge in [-0.1, -0.05) is 6.07 Å². The number of amides is 2. The topological polar surface area (TPSA) is 70.0 Å². The van der Waals surface area contributed by atoms with Crippen LogP contribution in [0, 0.1) is 11.7 Å². The highest BCUT2D eigenvalue weighted by atomic mass is 32.1. The highest BCUT2D eigenvalue weighted by Gasteiger charge is 2.37. The fraction of sp³-hybridized carbons (Fsp3) is 0.409. The van der Waals surface area contributed by atoms with E-state index in [1.807, 2.05) is 20.9 Å². The van der Waals surface area contributed by atoms with Crippen LogP contribution in [-0.4, -0.2) is 57.7 Å². The summed E-state index contributed by atoms with van der Waals surface area (Å²) >= 11 is 1.61. The van der Waals surface area contributed by atoms with Crippen LogP contribution in [0.4, 0.5) is 16.0 Å². The molecule has 2 saturated heterocycles. The largest absolute Gasteiger partial charge is 0.345 e. The molecule has 2 aliphatic heterocycles. The van der Waals surface area contributed by atoms with E-state index >= 15 is 0 Å². The average Bonchev–Trinajstić information content (AvgIpc) is 3.45. The number of hydrogen-bond acceptors (Lipinski definition) is 5. The molecule has 0 radical (unpaired) electrons. The fourth-order valence-corrected chi connectivity index (χ4v) is 5.49. The van der Waals surface area contributed by atoms with Crippen molar-refractivity contribution in [2.45, 2.75) is 25.2 Å². The lowest BCUT2D eigenvalue weighted by atomic mass is 9.94. The van der Waals surface area contributed by atoms with Gasteiger partial charge in [-0.15, -0.1) is 11.3 Å². The number of piperidine rings is 1. The van der Waals surface area contributed by atoms with Crippen LogP contribution >= 0.6 is 11.3 Å². The average molecular weight is 442 g/mol. The Balaban J connectivity index is 1.37. The molecule has 2 aromatic heterocycles. The van der Waals surface area contributed by atoms with Gasteiger partial charge in [0.1, 0.15) is 10.6 Å². The van der Waals surface area contributed by atoms with Crippen molar-refractivity contribution in [1.82, 2.24) is 19.2 Å². The molecule has 2 fully saturated rings. The van der Waals surface area contributed by atoms with Gasteiger partial charge in [-0.3, -0.25) is 14.0 Å². The number of likely N-dealkylation sites (tertiary alicyclic amines) is 2. The molecule has 0 bridgehead atoms. The number of nitrogens with zero attached hydrogens (tertiary/aromatic N) is 4. The zero-order valence-corrected chi connectivity index (χ0v) is 18.1. The minimum atomic E-state index is -0.305. The Morgan fingerprint density at radius 2 is 2.19 bits per heavy atom. The Bertz CT molecular complexity index is 1140. The Hall–Kier alpha value is -2.94. The van der Waals surface area contributed by atoms with Gasteiger partial charge in [-0.2, -0.15) is 0 Å². The van der Waals surface area contributed by atoms with E-state index in [1.54, 1.807) is 35.4 Å². The lowest BCUT2D eigenvalue weighted by molar-refractivity contribution is -0.137. The molecule has 1 aromatic carbocycles. The summed E-state index contributed by atoms with van der Waals surface area (Å²) in [6, 6.07) is 6.31. The summed E-state index contributed by atoms with van der Waals surface area (Å²) < 4.78 is 15.6. The van der Waals surface area contributed by atoms with Gasteiger partial charge in [0.25, 0.3) is 0 Å². The summed E-state index contributed by atoms with van der Waals surface area (Å²) in [5.41, 5.74) is 1.60. The van der Waals surface area contributed by atoms with Gasteiger partial charge in [-0.25, -0.2) is 9.37 Å². The van der Waals surface area contributed by atoms with Crippen LogP contribution in [0.25, 0.3) is 4.83 Å². The molecular formula is C22H24FN5O2S. The molecule has 2 atom stereocenters. The van der Waals surface area contributed by atoms with Gasteiger partial charge in [0.05, 0.1) is 11.6 Å². The molecule has 3 aromatic rings. The molecule has 2 aliphatic rings. The van der Waals surface area contributed by atoms with Crippen LogP contribution in [0.2, 0.25) is 0 Å². The van der Waals surface area contributed by atoms with E-state index in [0.29, 0.717) is 31.1 Å². The number of imidazole rings is 1. The lowest BCUT2D eigenvalue weighted by Crippen LogP contribution is -2.43. The lowest BCUT2D eigenvalue weighted by Gasteiger charge is -2.33. The summed E-state index contributed by atoms with van der Waals surface area (Å²) in [6.45, 7) is 1.83. The predicted octanol–water partition coefficient (Wildman–Crippen LogP) is 3.46. The van der Waals surface area contributed by atoms with Crippen molar-refractivity contribution in [1.29, 1.82) is 0 Å². The number of aromatic nitrogens is 2. The molecule has 31 heavy (non-hydrogen) atoms. The highest BCUT2D eigenvalue weighted by molar-refractivity contribution is 7.15. The number of hydrogen-bond donors (Lipinski definition) is 1. The quantitative estimate of drug-likeness (QED) is 0.673. The fourth-order valence-electron chi connectivity index (χ4n) is 4.58. The molecule has 2 amide bonds. The third-order valence-electron chi connectivity index (χ3n) is 6.17. The second-order valence-electron chi connectivity index (χ2n) is 8.33. The first-order valence-corrected chi connectivity index (χ1v) is 11.4. The van der Waals surface area contributed by atoms with Crippen molar-refractivity contribution < 1.29 is 14.0 Å². The number of halogens is 1. The van der Waals surface area contributed by atoms with Crippen LogP contribution in [0.5, 0.6) is 0 Å². The molecule has 1 N–H and O–H groups in total. The Morgan fingerprint density at radius 1 is 1.32 bits per heavy atom. The SMILES string of the molecule is CN1C[C@H](C(=O)N2CCC[C@@H](c3nc(Nc4cccc(F)c4)n4ccsc34)C2)CC1=O. The maximum absolute atomic E-state index is 13.6. The van der Waals surface area contributed by atoms with Gasteiger partial charge in [0.15, 0.2) is 0 Å². The van der Waals surface area contributed by atoms with Crippen LogP contribution in [0.15, 0.2) is 35.8 Å². The number of benzene rings is 1. The molecule has 5 rings (SSSR count). The van der Waals surface area contributed by atoms with Crippen molar-refractivity contribution in [3.8, 4) is 0 Å². The Kier molecular flexibility index (Phi) is 5.13. The summed E-state index contributed by atoms with van der Waals surface area (Å²) in [5.74, 6) is 0.329. The smallest absolute Gasteiger partial charge is 0.228 e. The minimum Gasteiger partial charge on any atom is -0.345 e. The number of thiazole rings is 1. The van der Waals surface area contributed by atoms with Gasteiger partial charge in [-0.05, 0) is 31.0 Å². The molecule has 0 unspecified atom stereocenters. The predicted molar refractivity (Wildman–Crippen MR) is 117 cm³/mol. The summed E-state index contributed by atoms with van der Waals surface area (Å²) in [4.78, 5) is 34.3. The summed E-state index contributed by atoms with van der Waals surface area (Å²) in [5, 5.41) is 5.22. The first-order valence-electron chi connectivity index (χ1n) is 10.5. The molecule has 0 saturated carbocycles. The van der Waals surface area contributed by atoms with Crippen LogP contribution < -0.4 is 5.32 Å². The Labute approximate surface area is 183 Å². The number of carbonyl (C=O) groups excluding carboxylic acids is 2. The van der Waals surface area contributed by atoms with Crippen molar-refractivity contribution in [2.75, 3.05) is 32.0 Å². The summed E-state index contributed by atoms with van der Waals surface area (Å²) in [6.07, 6.45) is 4.11. The number of rotatable bonds is 4. The van der Waals surface area contributed by atoms with Crippen LogP contribution in [-0.2, 0) is 9.59 Å². The standard InChI is InChI=1S/C22H24FN5O2S/c1-26-12-15(10-18(26)29)20(30)27-7-3-4-14(13-27)19-21-28(8-9-31-21)22(25-19)24-17-6-2-5-16(23)11-17/h2,5-6,8-9,11,14-15H,3-4,7,10,12-13H2,1H3,(H,24,25)/t14-,15-/m1/s1. The minimum absolute atomic E-state index is 0.0365. The number of nitrogens with one attached hydrogen (secondary N) is 1. The van der Waals surface area contributed by atoms with E-state index in [9.17, 15) is 14.0 Å². The molecule has 0 spiro atoms. The first kappa shape index (κ1) is 20.0. The van der Waals surface area contributed by atoms with Crippen molar-refractivity contribution >= 4 is 39.6 Å². The van der Waals surface area contributed by atoms with E-state index in [2.05, 4.69) is 5.32 Å². The van der Waals surface area contributed by atoms with Crippen molar-refractivity contribution in [3.05, 3.63) is 47.4 Å². The van der Waals surface area contributed by atoms with Gasteiger partial charge in [0.2, 0.25) is 17.8 Å². The highest BCUT2D eigenvalue weighted by Crippen LogP contribution is 2.35. The summed E-state index contributed by atoms with van der Waals surface area (Å²) in [7, 11) is 1.75. The van der Waals surface area contributed by atoms with E-state index in [4.69, 9.17) is 4.98 Å². The van der Waals surface area contributed by atoms with Gasteiger partial charge in [0, 0.05) is 56.3 Å². The van der Waals surface area contributed by atoms with E-state index in [0.717, 1.165) is 29.9 Å². The number of carbonyl (C=O) groups is 2. The van der Waals surface area contributed by atoms with E-state index in [1.165, 1.54) is 12.1 Å². The van der Waals surface area contributed by atoms with Crippen molar-refractivity contribution in [3.63, 3.8) is 0 Å². The first-order chi connectivity index (χ1) is 15.0. The molecular weight excluding hydrogens is 417 g/mol. The zero-order valence-electron chi connectivity index (χ0n) is 17.3. The molecule has 9 heteroatoms. The van der Waals surface area contributed by atoms with Crippen molar-refractivity contribution in [2.24, 2.45) is 5.92 Å². The number of anilines is 2. The monoisotopic (exact) mass is 441 g/mol. The molecule has 0 aliphatic carbocycles. The number of fused-ring (bicyclic) bond motifs is 1. The Morgan fingerprint density at radius 3 is 2.97 bits per heavy atom. The maximum Gasteiger partial charge on any atom is 0.228 e. The second-order valence-corrected chi connectivity index (χ2v) is 9.23. The third kappa shape index (κ3) is 3.78.